The molecule has 1 saturated carbocycles. The van der Waals surface area contributed by atoms with Crippen molar-refractivity contribution in [2.75, 3.05) is 6.61 Å². The van der Waals surface area contributed by atoms with E-state index >= 15 is 0 Å². The van der Waals surface area contributed by atoms with Crippen molar-refractivity contribution in [2.45, 2.75) is 38.0 Å². The Morgan fingerprint density at radius 2 is 2.25 bits per heavy atom. The molecule has 1 aromatic heterocycles. The second-order valence-electron chi connectivity index (χ2n) is 4.70. The van der Waals surface area contributed by atoms with Gasteiger partial charge >= 0.3 is 5.97 Å². The topological polar surface area (TPSA) is 44.1 Å². The molecule has 2 aliphatic carbocycles. The molecule has 0 amide bonds. The summed E-state index contributed by atoms with van der Waals surface area (Å²) < 4.78 is 6.80. The first kappa shape index (κ1) is 9.87. The van der Waals surface area contributed by atoms with Gasteiger partial charge in [-0.15, -0.1) is 0 Å². The maximum Gasteiger partial charge on any atom is 0.356 e. The fourth-order valence-corrected chi connectivity index (χ4v) is 3.20. The van der Waals surface area contributed by atoms with Crippen LogP contribution in [0.5, 0.6) is 0 Å². The zero-order valence-electron chi connectivity index (χ0n) is 9.69. The molecular weight excluding hydrogens is 204 g/mol. The first-order valence-corrected chi connectivity index (χ1v) is 5.96. The number of esters is 1. The summed E-state index contributed by atoms with van der Waals surface area (Å²) in [6.07, 6.45) is 3.62. The molecule has 4 nitrogen and oxygen atoms in total. The smallest absolute Gasteiger partial charge is 0.356 e. The van der Waals surface area contributed by atoms with Crippen molar-refractivity contribution < 1.29 is 9.53 Å². The number of hydrogen-bond donors (Lipinski definition) is 0. The number of aryl methyl sites for hydroxylation is 1. The Kier molecular flexibility index (Phi) is 2.06. The maximum atomic E-state index is 11.9. The molecule has 3 rings (SSSR count). The predicted molar refractivity (Wildman–Crippen MR) is 58.5 cm³/mol. The second-order valence-corrected chi connectivity index (χ2v) is 4.70. The quantitative estimate of drug-likeness (QED) is 0.716. The monoisotopic (exact) mass is 220 g/mol. The summed E-state index contributed by atoms with van der Waals surface area (Å²) in [5.74, 6) is 0.925. The van der Waals surface area contributed by atoms with Crippen LogP contribution in [0.3, 0.4) is 0 Å². The Labute approximate surface area is 94.6 Å². The van der Waals surface area contributed by atoms with Crippen LogP contribution in [0.4, 0.5) is 0 Å². The molecule has 1 heterocycles. The van der Waals surface area contributed by atoms with Gasteiger partial charge in [0.2, 0.25) is 0 Å². The van der Waals surface area contributed by atoms with E-state index in [1.807, 2.05) is 14.0 Å². The molecule has 2 bridgehead atoms. The fourth-order valence-electron chi connectivity index (χ4n) is 3.20. The number of fused-ring (bicyclic) bond motifs is 5. The molecule has 1 fully saturated rings. The van der Waals surface area contributed by atoms with Gasteiger partial charge in [-0.3, -0.25) is 4.68 Å². The Morgan fingerprint density at radius 3 is 3.00 bits per heavy atom. The summed E-state index contributed by atoms with van der Waals surface area (Å²) in [5, 5.41) is 4.49. The highest BCUT2D eigenvalue weighted by molar-refractivity contribution is 5.90. The molecule has 0 aromatic carbocycles. The summed E-state index contributed by atoms with van der Waals surface area (Å²) >= 11 is 0. The first-order valence-electron chi connectivity index (χ1n) is 5.96. The minimum Gasteiger partial charge on any atom is -0.461 e. The van der Waals surface area contributed by atoms with Gasteiger partial charge in [0.15, 0.2) is 0 Å². The van der Waals surface area contributed by atoms with Crippen LogP contribution in [0, 0.1) is 0 Å². The van der Waals surface area contributed by atoms with Crippen LogP contribution in [-0.4, -0.2) is 22.4 Å². The Hall–Kier alpha value is -1.32. The van der Waals surface area contributed by atoms with Crippen molar-refractivity contribution in [3.63, 3.8) is 0 Å². The molecule has 1 aromatic rings. The van der Waals surface area contributed by atoms with Crippen LogP contribution < -0.4 is 0 Å². The van der Waals surface area contributed by atoms with E-state index < -0.39 is 0 Å². The Balaban J connectivity index is 2.06. The van der Waals surface area contributed by atoms with Gasteiger partial charge in [0.25, 0.3) is 0 Å². The van der Waals surface area contributed by atoms with Crippen molar-refractivity contribution in [1.82, 2.24) is 9.78 Å². The summed E-state index contributed by atoms with van der Waals surface area (Å²) in [4.78, 5) is 11.9. The average Bonchev–Trinajstić information content (AvgIpc) is 2.87. The number of carbonyl (C=O) groups excluding carboxylic acids is 1. The number of ether oxygens (including phenoxy) is 1. The fraction of sp³-hybridized carbons (Fsp3) is 0.667. The van der Waals surface area contributed by atoms with Crippen LogP contribution in [0.1, 0.15) is 59.8 Å². The third-order valence-corrected chi connectivity index (χ3v) is 3.81. The summed E-state index contributed by atoms with van der Waals surface area (Å²) in [5.41, 5.74) is 3.02. The van der Waals surface area contributed by atoms with E-state index in [9.17, 15) is 4.79 Å². The molecule has 0 aliphatic heterocycles. The molecule has 0 spiro atoms. The maximum absolute atomic E-state index is 11.9. The van der Waals surface area contributed by atoms with E-state index in [0.29, 0.717) is 24.1 Å². The lowest BCUT2D eigenvalue weighted by Gasteiger charge is -2.10. The number of rotatable bonds is 2. The molecule has 0 radical (unpaired) electrons. The Morgan fingerprint density at radius 1 is 1.50 bits per heavy atom. The van der Waals surface area contributed by atoms with Gasteiger partial charge in [-0.2, -0.15) is 5.10 Å². The van der Waals surface area contributed by atoms with E-state index in [2.05, 4.69) is 5.10 Å². The molecule has 2 aliphatic rings. The third kappa shape index (κ3) is 1.16. The van der Waals surface area contributed by atoms with Crippen molar-refractivity contribution in [2.24, 2.45) is 7.05 Å². The highest BCUT2D eigenvalue weighted by Crippen LogP contribution is 2.53. The molecule has 0 saturated heterocycles. The van der Waals surface area contributed by atoms with Crippen LogP contribution in [0.25, 0.3) is 0 Å². The highest BCUT2D eigenvalue weighted by Gasteiger charge is 2.43. The first-order chi connectivity index (χ1) is 7.72. The average molecular weight is 220 g/mol. The molecule has 2 unspecified atom stereocenters. The van der Waals surface area contributed by atoms with Gasteiger partial charge in [0, 0.05) is 18.5 Å². The van der Waals surface area contributed by atoms with Crippen molar-refractivity contribution in [3.8, 4) is 0 Å². The zero-order chi connectivity index (χ0) is 11.3. The molecule has 86 valence electrons. The molecular formula is C12H16N2O2. The lowest BCUT2D eigenvalue weighted by Crippen LogP contribution is -2.13. The van der Waals surface area contributed by atoms with Crippen molar-refractivity contribution in [3.05, 3.63) is 17.0 Å². The van der Waals surface area contributed by atoms with Gasteiger partial charge in [-0.1, -0.05) is 0 Å². The minimum atomic E-state index is -0.216. The lowest BCUT2D eigenvalue weighted by atomic mass is 9.95. The van der Waals surface area contributed by atoms with E-state index in [4.69, 9.17) is 4.74 Å². The van der Waals surface area contributed by atoms with Crippen molar-refractivity contribution in [1.29, 1.82) is 0 Å². The van der Waals surface area contributed by atoms with Crippen LogP contribution in [-0.2, 0) is 11.8 Å². The van der Waals surface area contributed by atoms with Gasteiger partial charge in [-0.05, 0) is 32.1 Å². The minimum absolute atomic E-state index is 0.216. The second kappa shape index (κ2) is 3.34. The van der Waals surface area contributed by atoms with Gasteiger partial charge in [0.1, 0.15) is 5.69 Å². The van der Waals surface area contributed by atoms with Crippen LogP contribution in [0.15, 0.2) is 0 Å². The molecule has 2 atom stereocenters. The molecule has 16 heavy (non-hydrogen) atoms. The summed E-state index contributed by atoms with van der Waals surface area (Å²) in [6.45, 7) is 2.26. The molecule has 4 heteroatoms. The van der Waals surface area contributed by atoms with Crippen molar-refractivity contribution >= 4 is 5.97 Å². The Bertz CT molecular complexity index is 450. The predicted octanol–water partition coefficient (Wildman–Crippen LogP) is 1.96. The summed E-state index contributed by atoms with van der Waals surface area (Å²) in [7, 11) is 1.84. The van der Waals surface area contributed by atoms with Gasteiger partial charge in [0.05, 0.1) is 12.3 Å². The number of nitrogens with zero attached hydrogens (tertiary/aromatic N) is 2. The third-order valence-electron chi connectivity index (χ3n) is 3.81. The highest BCUT2D eigenvalue weighted by atomic mass is 16.5. The summed E-state index contributed by atoms with van der Waals surface area (Å²) in [6, 6.07) is 0. The van der Waals surface area contributed by atoms with Gasteiger partial charge < -0.3 is 4.74 Å². The number of aromatic nitrogens is 2. The number of carbonyl (C=O) groups is 1. The SMILES string of the molecule is CCOC(=O)c1c2c(nn1C)C1CCC2C1. The van der Waals surface area contributed by atoms with E-state index in [1.54, 1.807) is 4.68 Å². The van der Waals surface area contributed by atoms with E-state index in [-0.39, 0.29) is 5.97 Å². The van der Waals surface area contributed by atoms with Gasteiger partial charge in [-0.25, -0.2) is 4.79 Å². The lowest BCUT2D eigenvalue weighted by molar-refractivity contribution is 0.0511. The normalized spacial score (nSPS) is 25.9. The zero-order valence-corrected chi connectivity index (χ0v) is 9.69. The van der Waals surface area contributed by atoms with E-state index in [0.717, 1.165) is 5.69 Å². The standard InChI is InChI=1S/C12H16N2O2/c1-3-16-12(15)11-9-7-4-5-8(6-7)10(9)13-14(11)2/h7-8H,3-6H2,1-2H3. The number of hydrogen-bond acceptors (Lipinski definition) is 3. The molecule has 0 N–H and O–H groups in total. The van der Waals surface area contributed by atoms with Crippen LogP contribution in [0.2, 0.25) is 0 Å². The largest absolute Gasteiger partial charge is 0.461 e. The van der Waals surface area contributed by atoms with E-state index in [1.165, 1.54) is 24.8 Å². The van der Waals surface area contributed by atoms with Crippen LogP contribution >= 0.6 is 0 Å².